The van der Waals surface area contributed by atoms with Crippen LogP contribution in [0.2, 0.25) is 0 Å². The van der Waals surface area contributed by atoms with Gasteiger partial charge in [0.2, 0.25) is 0 Å². The molecular formula is C10H6F3NO3. The van der Waals surface area contributed by atoms with Crippen LogP contribution < -0.4 is 4.74 Å². The summed E-state index contributed by atoms with van der Waals surface area (Å²) in [7, 11) is 1.03. The number of ether oxygens (including phenoxy) is 2. The molecule has 0 atom stereocenters. The third-order valence-electron chi connectivity index (χ3n) is 1.81. The van der Waals surface area contributed by atoms with Crippen LogP contribution in [0.25, 0.3) is 0 Å². The zero-order valence-electron chi connectivity index (χ0n) is 8.54. The van der Waals surface area contributed by atoms with Crippen molar-refractivity contribution in [1.29, 1.82) is 5.26 Å². The Labute approximate surface area is 94.2 Å². The van der Waals surface area contributed by atoms with Gasteiger partial charge in [-0.1, -0.05) is 0 Å². The van der Waals surface area contributed by atoms with Gasteiger partial charge in [0.15, 0.2) is 0 Å². The Morgan fingerprint density at radius 1 is 1.47 bits per heavy atom. The van der Waals surface area contributed by atoms with E-state index in [0.29, 0.717) is 6.07 Å². The van der Waals surface area contributed by atoms with Crippen LogP contribution in [0.4, 0.5) is 13.2 Å². The summed E-state index contributed by atoms with van der Waals surface area (Å²) >= 11 is 0. The fraction of sp³-hybridized carbons (Fsp3) is 0.200. The van der Waals surface area contributed by atoms with E-state index in [1.165, 1.54) is 6.07 Å². The molecule has 0 amide bonds. The number of rotatable bonds is 3. The first-order valence-corrected chi connectivity index (χ1v) is 4.26. The molecule has 0 aliphatic rings. The number of carbonyl (C=O) groups is 1. The largest absolute Gasteiger partial charge is 0.465 e. The lowest BCUT2D eigenvalue weighted by Crippen LogP contribution is -2.08. The molecule has 0 radical (unpaired) electrons. The van der Waals surface area contributed by atoms with Gasteiger partial charge in [-0.2, -0.15) is 14.0 Å². The molecule has 0 N–H and O–H groups in total. The second-order valence-corrected chi connectivity index (χ2v) is 2.81. The lowest BCUT2D eigenvalue weighted by atomic mass is 10.1. The highest BCUT2D eigenvalue weighted by molar-refractivity contribution is 5.90. The second-order valence-electron chi connectivity index (χ2n) is 2.81. The van der Waals surface area contributed by atoms with Gasteiger partial charge < -0.3 is 9.47 Å². The number of alkyl halides is 2. The first-order chi connectivity index (χ1) is 7.99. The predicted molar refractivity (Wildman–Crippen MR) is 49.1 cm³/mol. The fourth-order valence-corrected chi connectivity index (χ4v) is 1.10. The predicted octanol–water partition coefficient (Wildman–Crippen LogP) is 2.09. The third-order valence-corrected chi connectivity index (χ3v) is 1.81. The number of halogens is 3. The van der Waals surface area contributed by atoms with E-state index in [9.17, 15) is 18.0 Å². The maximum atomic E-state index is 13.3. The Morgan fingerprint density at radius 3 is 2.59 bits per heavy atom. The van der Waals surface area contributed by atoms with E-state index < -0.39 is 29.7 Å². The zero-order valence-corrected chi connectivity index (χ0v) is 8.54. The summed E-state index contributed by atoms with van der Waals surface area (Å²) in [5.41, 5.74) is -0.905. The molecule has 0 saturated heterocycles. The molecule has 0 aliphatic heterocycles. The Hall–Kier alpha value is -2.23. The first kappa shape index (κ1) is 12.8. The van der Waals surface area contributed by atoms with E-state index in [1.54, 1.807) is 0 Å². The monoisotopic (exact) mass is 245 g/mol. The van der Waals surface area contributed by atoms with Crippen LogP contribution >= 0.6 is 0 Å². The second kappa shape index (κ2) is 5.21. The van der Waals surface area contributed by atoms with Crippen molar-refractivity contribution in [3.63, 3.8) is 0 Å². The molecule has 0 fully saturated rings. The van der Waals surface area contributed by atoms with Crippen molar-refractivity contribution in [2.75, 3.05) is 7.11 Å². The maximum absolute atomic E-state index is 13.3. The van der Waals surface area contributed by atoms with Crippen LogP contribution in [-0.2, 0) is 4.74 Å². The van der Waals surface area contributed by atoms with Gasteiger partial charge in [-0.25, -0.2) is 9.18 Å². The number of nitrogens with zero attached hydrogens (tertiary/aromatic N) is 1. The number of carbonyl (C=O) groups excluding carboxylic acids is 1. The van der Waals surface area contributed by atoms with Crippen molar-refractivity contribution in [1.82, 2.24) is 0 Å². The molecule has 0 spiro atoms. The quantitative estimate of drug-likeness (QED) is 0.765. The van der Waals surface area contributed by atoms with Gasteiger partial charge in [-0.15, -0.1) is 0 Å². The van der Waals surface area contributed by atoms with Crippen LogP contribution in [0.3, 0.4) is 0 Å². The molecule has 1 rings (SSSR count). The summed E-state index contributed by atoms with van der Waals surface area (Å²) < 4.78 is 45.4. The summed E-state index contributed by atoms with van der Waals surface area (Å²) in [6.45, 7) is -3.19. The van der Waals surface area contributed by atoms with E-state index >= 15 is 0 Å². The molecule has 1 aromatic rings. The molecule has 4 nitrogen and oxygen atoms in total. The molecule has 7 heteroatoms. The number of hydrogen-bond acceptors (Lipinski definition) is 4. The minimum Gasteiger partial charge on any atom is -0.465 e. The van der Waals surface area contributed by atoms with Crippen molar-refractivity contribution in [3.05, 3.63) is 29.1 Å². The zero-order chi connectivity index (χ0) is 13.0. The molecule has 0 unspecified atom stereocenters. The van der Waals surface area contributed by atoms with Crippen LogP contribution in [-0.4, -0.2) is 19.7 Å². The normalized spacial score (nSPS) is 9.88. The van der Waals surface area contributed by atoms with E-state index in [2.05, 4.69) is 9.47 Å². The highest BCUT2D eigenvalue weighted by atomic mass is 19.3. The third kappa shape index (κ3) is 2.87. The standard InChI is InChI=1S/C10H6F3NO3/c1-16-9(15)6-2-5(4-14)8(3-7(6)11)17-10(12)13/h2-3,10H,1H3. The highest BCUT2D eigenvalue weighted by Gasteiger charge is 2.18. The smallest absolute Gasteiger partial charge is 0.387 e. The van der Waals surface area contributed by atoms with Crippen molar-refractivity contribution in [2.45, 2.75) is 6.61 Å². The van der Waals surface area contributed by atoms with Crippen LogP contribution in [0, 0.1) is 17.1 Å². The first-order valence-electron chi connectivity index (χ1n) is 4.26. The van der Waals surface area contributed by atoms with E-state index in [-0.39, 0.29) is 5.56 Å². The van der Waals surface area contributed by atoms with Crippen LogP contribution in [0.1, 0.15) is 15.9 Å². The number of nitriles is 1. The number of benzene rings is 1. The molecule has 0 aromatic heterocycles. The van der Waals surface area contributed by atoms with Gasteiger partial charge in [0, 0.05) is 6.07 Å². The van der Waals surface area contributed by atoms with Crippen molar-refractivity contribution < 1.29 is 27.4 Å². The van der Waals surface area contributed by atoms with Gasteiger partial charge in [0.1, 0.15) is 17.6 Å². The Kier molecular flexibility index (Phi) is 3.93. The number of methoxy groups -OCH3 is 1. The number of hydrogen-bond donors (Lipinski definition) is 0. The topological polar surface area (TPSA) is 59.3 Å². The van der Waals surface area contributed by atoms with Crippen molar-refractivity contribution in [3.8, 4) is 11.8 Å². The lowest BCUT2D eigenvalue weighted by Gasteiger charge is -2.08. The highest BCUT2D eigenvalue weighted by Crippen LogP contribution is 2.24. The Bertz CT molecular complexity index is 482. The number of esters is 1. The van der Waals surface area contributed by atoms with Gasteiger partial charge in [0.25, 0.3) is 0 Å². The van der Waals surface area contributed by atoms with Gasteiger partial charge in [0.05, 0.1) is 18.2 Å². The minimum absolute atomic E-state index is 0.382. The summed E-state index contributed by atoms with van der Waals surface area (Å²) in [6, 6.07) is 2.84. The van der Waals surface area contributed by atoms with E-state index in [4.69, 9.17) is 5.26 Å². The van der Waals surface area contributed by atoms with E-state index in [1.807, 2.05) is 0 Å². The van der Waals surface area contributed by atoms with Crippen LogP contribution in [0.15, 0.2) is 12.1 Å². The molecule has 1 aromatic carbocycles. The maximum Gasteiger partial charge on any atom is 0.387 e. The Balaban J connectivity index is 3.25. The summed E-state index contributed by atoms with van der Waals surface area (Å²) in [5.74, 6) is -2.75. The van der Waals surface area contributed by atoms with Crippen molar-refractivity contribution in [2.24, 2.45) is 0 Å². The average molecular weight is 245 g/mol. The van der Waals surface area contributed by atoms with Gasteiger partial charge >= 0.3 is 12.6 Å². The summed E-state index contributed by atoms with van der Waals surface area (Å²) in [6.07, 6.45) is 0. The molecule has 0 heterocycles. The SMILES string of the molecule is COC(=O)c1cc(C#N)c(OC(F)F)cc1F. The molecule has 0 saturated carbocycles. The van der Waals surface area contributed by atoms with Gasteiger partial charge in [-0.05, 0) is 6.07 Å². The molecule has 0 aliphatic carbocycles. The van der Waals surface area contributed by atoms with Crippen molar-refractivity contribution >= 4 is 5.97 Å². The van der Waals surface area contributed by atoms with Gasteiger partial charge in [-0.3, -0.25) is 0 Å². The fourth-order valence-electron chi connectivity index (χ4n) is 1.10. The molecule has 17 heavy (non-hydrogen) atoms. The van der Waals surface area contributed by atoms with Crippen LogP contribution in [0.5, 0.6) is 5.75 Å². The molecule has 0 bridgehead atoms. The lowest BCUT2D eigenvalue weighted by molar-refractivity contribution is -0.0501. The minimum atomic E-state index is -3.19. The Morgan fingerprint density at radius 2 is 2.12 bits per heavy atom. The average Bonchev–Trinajstić information content (AvgIpc) is 2.27. The summed E-state index contributed by atoms with van der Waals surface area (Å²) in [5, 5.41) is 8.65. The molecule has 90 valence electrons. The summed E-state index contributed by atoms with van der Waals surface area (Å²) in [4.78, 5) is 11.1. The van der Waals surface area contributed by atoms with E-state index in [0.717, 1.165) is 13.2 Å². The molecular weight excluding hydrogens is 239 g/mol.